The fourth-order valence-corrected chi connectivity index (χ4v) is 2.43. The number of benzene rings is 2. The van der Waals surface area contributed by atoms with Gasteiger partial charge in [0.2, 0.25) is 5.91 Å². The molecule has 0 N–H and O–H groups in total. The molecule has 0 spiro atoms. The standard InChI is InChI=1S/C16H14N2O3S/c1-17(11-5-3-2-4-6-11)15(19)10-18-13-9-12(22)7-8-14(13)21-16(18)20/h2-9,22H,10H2,1H3. The monoisotopic (exact) mass is 314 g/mol. The van der Waals surface area contributed by atoms with Crippen molar-refractivity contribution < 1.29 is 9.21 Å². The van der Waals surface area contributed by atoms with Gasteiger partial charge in [0.1, 0.15) is 6.54 Å². The normalized spacial score (nSPS) is 10.8. The van der Waals surface area contributed by atoms with Crippen molar-refractivity contribution in [3.63, 3.8) is 0 Å². The lowest BCUT2D eigenvalue weighted by Crippen LogP contribution is -2.32. The van der Waals surface area contributed by atoms with Crippen LogP contribution < -0.4 is 10.7 Å². The van der Waals surface area contributed by atoms with E-state index >= 15 is 0 Å². The molecule has 112 valence electrons. The van der Waals surface area contributed by atoms with Crippen molar-refractivity contribution in [1.29, 1.82) is 0 Å². The smallest absolute Gasteiger partial charge is 0.408 e. The third-order valence-electron chi connectivity index (χ3n) is 3.46. The number of oxazole rings is 1. The van der Waals surface area contributed by atoms with E-state index in [1.807, 2.05) is 30.3 Å². The van der Waals surface area contributed by atoms with Gasteiger partial charge < -0.3 is 9.32 Å². The maximum Gasteiger partial charge on any atom is 0.420 e. The van der Waals surface area contributed by atoms with Crippen molar-refractivity contribution >= 4 is 35.3 Å². The molecular weight excluding hydrogens is 300 g/mol. The highest BCUT2D eigenvalue weighted by atomic mass is 32.1. The Kier molecular flexibility index (Phi) is 3.77. The molecule has 0 atom stereocenters. The molecule has 1 heterocycles. The van der Waals surface area contributed by atoms with Crippen molar-refractivity contribution in [3.8, 4) is 0 Å². The maximum absolute atomic E-state index is 12.4. The fraction of sp³-hybridized carbons (Fsp3) is 0.125. The van der Waals surface area contributed by atoms with Crippen LogP contribution in [0, 0.1) is 0 Å². The lowest BCUT2D eigenvalue weighted by Gasteiger charge is -2.17. The van der Waals surface area contributed by atoms with Gasteiger partial charge in [0.15, 0.2) is 5.58 Å². The largest absolute Gasteiger partial charge is 0.420 e. The summed E-state index contributed by atoms with van der Waals surface area (Å²) in [6.07, 6.45) is 0. The van der Waals surface area contributed by atoms with E-state index in [4.69, 9.17) is 4.42 Å². The molecule has 3 aromatic rings. The van der Waals surface area contributed by atoms with Crippen LogP contribution in [0.15, 0.2) is 62.6 Å². The Bertz CT molecular complexity index is 883. The second-order valence-electron chi connectivity index (χ2n) is 4.89. The molecular formula is C16H14N2O3S. The van der Waals surface area contributed by atoms with E-state index in [-0.39, 0.29) is 12.5 Å². The van der Waals surface area contributed by atoms with Gasteiger partial charge in [-0.2, -0.15) is 0 Å². The molecule has 0 aliphatic rings. The van der Waals surface area contributed by atoms with E-state index in [9.17, 15) is 9.59 Å². The van der Waals surface area contributed by atoms with Gasteiger partial charge in [-0.05, 0) is 30.3 Å². The first-order valence-electron chi connectivity index (χ1n) is 6.70. The number of amides is 1. The molecule has 3 rings (SSSR count). The Morgan fingerprint density at radius 2 is 1.95 bits per heavy atom. The average Bonchev–Trinajstić information content (AvgIpc) is 2.83. The minimum atomic E-state index is -0.552. The number of carbonyl (C=O) groups excluding carboxylic acids is 1. The second kappa shape index (κ2) is 5.73. The van der Waals surface area contributed by atoms with Crippen molar-refractivity contribution in [2.75, 3.05) is 11.9 Å². The van der Waals surface area contributed by atoms with Gasteiger partial charge >= 0.3 is 5.76 Å². The number of hydrogen-bond acceptors (Lipinski definition) is 4. The molecule has 2 aromatic carbocycles. The van der Waals surface area contributed by atoms with Gasteiger partial charge in [-0.25, -0.2) is 4.79 Å². The van der Waals surface area contributed by atoms with Crippen molar-refractivity contribution in [2.45, 2.75) is 11.4 Å². The minimum Gasteiger partial charge on any atom is -0.408 e. The van der Waals surface area contributed by atoms with Crippen LogP contribution in [0.1, 0.15) is 0 Å². The molecule has 0 unspecified atom stereocenters. The summed E-state index contributed by atoms with van der Waals surface area (Å²) in [4.78, 5) is 26.6. The predicted octanol–water partition coefficient (Wildman–Crippen LogP) is 2.55. The summed E-state index contributed by atoms with van der Waals surface area (Å²) in [5, 5.41) is 0. The van der Waals surface area contributed by atoms with E-state index in [1.54, 1.807) is 25.2 Å². The summed E-state index contributed by atoms with van der Waals surface area (Å²) in [6, 6.07) is 14.4. The highest BCUT2D eigenvalue weighted by Gasteiger charge is 2.16. The highest BCUT2D eigenvalue weighted by Crippen LogP contribution is 2.18. The number of para-hydroxylation sites is 1. The average molecular weight is 314 g/mol. The van der Waals surface area contributed by atoms with Gasteiger partial charge in [-0.15, -0.1) is 12.6 Å². The first-order chi connectivity index (χ1) is 10.6. The molecule has 0 bridgehead atoms. The Hall–Kier alpha value is -2.47. The SMILES string of the molecule is CN(C(=O)Cn1c(=O)oc2ccc(S)cc21)c1ccccc1. The van der Waals surface area contributed by atoms with Crippen molar-refractivity contribution in [3.05, 3.63) is 59.1 Å². The number of carbonyl (C=O) groups is 1. The Morgan fingerprint density at radius 3 is 2.68 bits per heavy atom. The molecule has 22 heavy (non-hydrogen) atoms. The molecule has 0 fully saturated rings. The topological polar surface area (TPSA) is 55.5 Å². The summed E-state index contributed by atoms with van der Waals surface area (Å²) >= 11 is 4.25. The molecule has 5 nitrogen and oxygen atoms in total. The molecule has 0 aliphatic heterocycles. The zero-order valence-electron chi connectivity index (χ0n) is 11.9. The first-order valence-corrected chi connectivity index (χ1v) is 7.15. The van der Waals surface area contributed by atoms with Crippen molar-refractivity contribution in [2.24, 2.45) is 0 Å². The van der Waals surface area contributed by atoms with Gasteiger partial charge in [0, 0.05) is 17.6 Å². The zero-order valence-corrected chi connectivity index (χ0v) is 12.8. The van der Waals surface area contributed by atoms with Gasteiger partial charge in [0.05, 0.1) is 5.52 Å². The van der Waals surface area contributed by atoms with E-state index < -0.39 is 5.76 Å². The van der Waals surface area contributed by atoms with Gasteiger partial charge in [-0.1, -0.05) is 18.2 Å². The van der Waals surface area contributed by atoms with Crippen LogP contribution in [0.2, 0.25) is 0 Å². The number of aromatic nitrogens is 1. The quantitative estimate of drug-likeness (QED) is 0.756. The van der Waals surface area contributed by atoms with Crippen LogP contribution >= 0.6 is 12.6 Å². The Labute approximate surface area is 132 Å². The number of fused-ring (bicyclic) bond motifs is 1. The van der Waals surface area contributed by atoms with Crippen LogP contribution in [0.5, 0.6) is 0 Å². The van der Waals surface area contributed by atoms with E-state index in [0.717, 1.165) is 5.69 Å². The number of likely N-dealkylation sites (N-methyl/N-ethyl adjacent to an activating group) is 1. The predicted molar refractivity (Wildman–Crippen MR) is 87.6 cm³/mol. The summed E-state index contributed by atoms with van der Waals surface area (Å²) in [5.74, 6) is -0.760. The third-order valence-corrected chi connectivity index (χ3v) is 3.74. The van der Waals surface area contributed by atoms with Crippen LogP contribution in [-0.4, -0.2) is 17.5 Å². The Balaban J connectivity index is 1.93. The van der Waals surface area contributed by atoms with Crippen LogP contribution in [0.3, 0.4) is 0 Å². The van der Waals surface area contributed by atoms with E-state index in [1.165, 1.54) is 9.47 Å². The lowest BCUT2D eigenvalue weighted by atomic mass is 10.3. The molecule has 1 amide bonds. The number of thiol groups is 1. The number of hydrogen-bond donors (Lipinski definition) is 1. The van der Waals surface area contributed by atoms with Crippen LogP contribution in [0.4, 0.5) is 5.69 Å². The van der Waals surface area contributed by atoms with Crippen molar-refractivity contribution in [1.82, 2.24) is 4.57 Å². The zero-order chi connectivity index (χ0) is 15.7. The third kappa shape index (κ3) is 2.65. The highest BCUT2D eigenvalue weighted by molar-refractivity contribution is 7.80. The molecule has 0 saturated carbocycles. The lowest BCUT2D eigenvalue weighted by molar-refractivity contribution is -0.118. The fourth-order valence-electron chi connectivity index (χ4n) is 2.24. The van der Waals surface area contributed by atoms with Gasteiger partial charge in [-0.3, -0.25) is 9.36 Å². The number of nitrogens with zero attached hydrogens (tertiary/aromatic N) is 2. The summed E-state index contributed by atoms with van der Waals surface area (Å²) in [6.45, 7) is -0.0888. The maximum atomic E-state index is 12.4. The molecule has 1 aromatic heterocycles. The summed E-state index contributed by atoms with van der Waals surface area (Å²) < 4.78 is 6.46. The first kappa shape index (κ1) is 14.5. The molecule has 0 saturated heterocycles. The van der Waals surface area contributed by atoms with Crippen LogP contribution in [-0.2, 0) is 11.3 Å². The second-order valence-corrected chi connectivity index (χ2v) is 5.41. The summed E-state index contributed by atoms with van der Waals surface area (Å²) in [5.41, 5.74) is 1.77. The molecule has 0 radical (unpaired) electrons. The number of anilines is 1. The Morgan fingerprint density at radius 1 is 1.23 bits per heavy atom. The van der Waals surface area contributed by atoms with Crippen LogP contribution in [0.25, 0.3) is 11.1 Å². The number of rotatable bonds is 3. The molecule has 0 aliphatic carbocycles. The minimum absolute atomic E-state index is 0.0888. The van der Waals surface area contributed by atoms with E-state index in [0.29, 0.717) is 16.0 Å². The summed E-state index contributed by atoms with van der Waals surface area (Å²) in [7, 11) is 1.68. The van der Waals surface area contributed by atoms with Gasteiger partial charge in [0.25, 0.3) is 0 Å². The molecule has 6 heteroatoms. The van der Waals surface area contributed by atoms with E-state index in [2.05, 4.69) is 12.6 Å².